The molecule has 1 aromatic rings. The van der Waals surface area contributed by atoms with E-state index >= 15 is 0 Å². The van der Waals surface area contributed by atoms with Gasteiger partial charge in [-0.25, -0.2) is 0 Å². The molecule has 94 valence electrons. The zero-order chi connectivity index (χ0) is 12.9. The third-order valence-electron chi connectivity index (χ3n) is 3.39. The van der Waals surface area contributed by atoms with Crippen LogP contribution in [0.15, 0.2) is 42.5 Å². The number of nitrogens with one attached hydrogen (secondary N) is 1. The highest BCUT2D eigenvalue weighted by Gasteiger charge is 2.30. The monoisotopic (exact) mass is 231 g/mol. The molecular weight excluding hydrogens is 206 g/mol. The molecule has 0 fully saturated rings. The van der Waals surface area contributed by atoms with Gasteiger partial charge < -0.3 is 5.32 Å². The molecular formula is C16H25N. The molecule has 1 atom stereocenters. The first kappa shape index (κ1) is 14.0. The summed E-state index contributed by atoms with van der Waals surface area (Å²) in [7, 11) is 0. The second kappa shape index (κ2) is 6.02. The summed E-state index contributed by atoms with van der Waals surface area (Å²) in [6.45, 7) is 13.9. The predicted molar refractivity (Wildman–Crippen MR) is 76.4 cm³/mol. The lowest BCUT2D eigenvalue weighted by molar-refractivity contribution is 0.342. The molecule has 0 aromatic heterocycles. The van der Waals surface area contributed by atoms with E-state index in [9.17, 15) is 0 Å². The maximum absolute atomic E-state index is 4.04. The highest BCUT2D eigenvalue weighted by Crippen LogP contribution is 2.30. The predicted octanol–water partition coefficient (Wildman–Crippen LogP) is 3.91. The van der Waals surface area contributed by atoms with Gasteiger partial charge in [-0.3, -0.25) is 0 Å². The van der Waals surface area contributed by atoms with E-state index in [1.807, 2.05) is 0 Å². The fraction of sp³-hybridized carbons (Fsp3) is 0.500. The molecule has 1 unspecified atom stereocenters. The van der Waals surface area contributed by atoms with Gasteiger partial charge in [0, 0.05) is 11.5 Å². The van der Waals surface area contributed by atoms with Crippen molar-refractivity contribution in [2.75, 3.05) is 6.54 Å². The first-order valence-corrected chi connectivity index (χ1v) is 6.41. The summed E-state index contributed by atoms with van der Waals surface area (Å²) in [6, 6.07) is 11.2. The van der Waals surface area contributed by atoms with Crippen molar-refractivity contribution in [2.24, 2.45) is 0 Å². The first-order chi connectivity index (χ1) is 7.98. The van der Waals surface area contributed by atoms with Crippen LogP contribution < -0.4 is 5.32 Å². The lowest BCUT2D eigenvalue weighted by atomic mass is 9.75. The summed E-state index contributed by atoms with van der Waals surface area (Å²) < 4.78 is 0. The number of hydrogen-bond donors (Lipinski definition) is 1. The van der Waals surface area contributed by atoms with Gasteiger partial charge in [-0.2, -0.15) is 0 Å². The van der Waals surface area contributed by atoms with Gasteiger partial charge in [0.05, 0.1) is 0 Å². The van der Waals surface area contributed by atoms with Crippen molar-refractivity contribution in [1.29, 1.82) is 0 Å². The van der Waals surface area contributed by atoms with E-state index in [0.29, 0.717) is 6.04 Å². The summed E-state index contributed by atoms with van der Waals surface area (Å²) in [6.07, 6.45) is 1.02. The van der Waals surface area contributed by atoms with Crippen LogP contribution >= 0.6 is 0 Å². The minimum Gasteiger partial charge on any atom is -0.313 e. The molecule has 1 N–H and O–H groups in total. The Hall–Kier alpha value is -1.08. The lowest BCUT2D eigenvalue weighted by Crippen LogP contribution is -2.44. The van der Waals surface area contributed by atoms with E-state index in [1.54, 1.807) is 0 Å². The van der Waals surface area contributed by atoms with E-state index in [4.69, 9.17) is 0 Å². The van der Waals surface area contributed by atoms with Gasteiger partial charge >= 0.3 is 0 Å². The van der Waals surface area contributed by atoms with Crippen molar-refractivity contribution in [2.45, 2.75) is 45.6 Å². The van der Waals surface area contributed by atoms with Crippen LogP contribution in [0.2, 0.25) is 0 Å². The maximum atomic E-state index is 4.04. The summed E-state index contributed by atoms with van der Waals surface area (Å²) in [5.74, 6) is 0. The zero-order valence-corrected chi connectivity index (χ0v) is 11.6. The van der Waals surface area contributed by atoms with Crippen molar-refractivity contribution in [3.8, 4) is 0 Å². The van der Waals surface area contributed by atoms with Crippen LogP contribution in [-0.4, -0.2) is 12.6 Å². The molecule has 0 radical (unpaired) electrons. The van der Waals surface area contributed by atoms with E-state index in [1.165, 1.54) is 11.1 Å². The molecule has 1 nitrogen and oxygen atoms in total. The van der Waals surface area contributed by atoms with Crippen LogP contribution in [0.1, 0.15) is 39.7 Å². The van der Waals surface area contributed by atoms with Crippen molar-refractivity contribution in [1.82, 2.24) is 5.32 Å². The molecule has 1 aromatic carbocycles. The Balaban J connectivity index is 2.94. The average molecular weight is 231 g/mol. The largest absolute Gasteiger partial charge is 0.313 e. The molecule has 0 bridgehead atoms. The van der Waals surface area contributed by atoms with E-state index < -0.39 is 0 Å². The van der Waals surface area contributed by atoms with Crippen LogP contribution in [0, 0.1) is 0 Å². The zero-order valence-electron chi connectivity index (χ0n) is 11.6. The van der Waals surface area contributed by atoms with Gasteiger partial charge in [0.15, 0.2) is 0 Å². The standard InChI is InChI=1S/C16H25N/c1-6-17-15(12-13(2)3)16(4,5)14-10-8-7-9-11-14/h7-11,15,17H,2,6,12H2,1,3-5H3. The number of benzene rings is 1. The maximum Gasteiger partial charge on any atom is 0.0195 e. The van der Waals surface area contributed by atoms with Crippen LogP contribution in [0.3, 0.4) is 0 Å². The summed E-state index contributed by atoms with van der Waals surface area (Å²) in [5, 5.41) is 3.59. The smallest absolute Gasteiger partial charge is 0.0195 e. The van der Waals surface area contributed by atoms with Crippen LogP contribution in [-0.2, 0) is 5.41 Å². The molecule has 0 aliphatic heterocycles. The topological polar surface area (TPSA) is 12.0 Å². The van der Waals surface area contributed by atoms with Crippen molar-refractivity contribution in [3.63, 3.8) is 0 Å². The number of rotatable bonds is 6. The Morgan fingerprint density at radius 3 is 2.35 bits per heavy atom. The molecule has 0 aliphatic carbocycles. The second-order valence-corrected chi connectivity index (χ2v) is 5.36. The van der Waals surface area contributed by atoms with Gasteiger partial charge in [-0.15, -0.1) is 6.58 Å². The third-order valence-corrected chi connectivity index (χ3v) is 3.39. The highest BCUT2D eigenvalue weighted by molar-refractivity contribution is 5.26. The third kappa shape index (κ3) is 3.71. The Kier molecular flexibility index (Phi) is 4.95. The fourth-order valence-electron chi connectivity index (χ4n) is 2.25. The Bertz CT molecular complexity index is 351. The molecule has 1 heteroatoms. The molecule has 0 aliphatic rings. The van der Waals surface area contributed by atoms with Crippen molar-refractivity contribution >= 4 is 0 Å². The quantitative estimate of drug-likeness (QED) is 0.732. The van der Waals surface area contributed by atoms with E-state index in [0.717, 1.165) is 13.0 Å². The Morgan fingerprint density at radius 1 is 1.29 bits per heavy atom. The van der Waals surface area contributed by atoms with Crippen LogP contribution in [0.5, 0.6) is 0 Å². The van der Waals surface area contributed by atoms with Gasteiger partial charge in [0.25, 0.3) is 0 Å². The molecule has 1 rings (SSSR count). The van der Waals surface area contributed by atoms with Gasteiger partial charge in [0.1, 0.15) is 0 Å². The van der Waals surface area contributed by atoms with Crippen molar-refractivity contribution < 1.29 is 0 Å². The normalized spacial score (nSPS) is 13.4. The molecule has 0 amide bonds. The molecule has 0 heterocycles. The first-order valence-electron chi connectivity index (χ1n) is 6.41. The minimum atomic E-state index is 0.121. The van der Waals surface area contributed by atoms with E-state index in [2.05, 4.69) is 69.9 Å². The van der Waals surface area contributed by atoms with Gasteiger partial charge in [-0.1, -0.05) is 56.7 Å². The molecule has 0 saturated carbocycles. The average Bonchev–Trinajstić information content (AvgIpc) is 2.29. The van der Waals surface area contributed by atoms with Crippen molar-refractivity contribution in [3.05, 3.63) is 48.0 Å². The second-order valence-electron chi connectivity index (χ2n) is 5.36. The Morgan fingerprint density at radius 2 is 1.88 bits per heavy atom. The molecule has 0 saturated heterocycles. The minimum absolute atomic E-state index is 0.121. The van der Waals surface area contributed by atoms with E-state index in [-0.39, 0.29) is 5.41 Å². The number of hydrogen-bond acceptors (Lipinski definition) is 1. The van der Waals surface area contributed by atoms with Gasteiger partial charge in [-0.05, 0) is 25.5 Å². The highest BCUT2D eigenvalue weighted by atomic mass is 14.9. The lowest BCUT2D eigenvalue weighted by Gasteiger charge is -2.36. The SMILES string of the molecule is C=C(C)CC(NCC)C(C)(C)c1ccccc1. The Labute approximate surface area is 106 Å². The summed E-state index contributed by atoms with van der Waals surface area (Å²) in [4.78, 5) is 0. The van der Waals surface area contributed by atoms with Gasteiger partial charge in [0.2, 0.25) is 0 Å². The number of likely N-dealkylation sites (N-methyl/N-ethyl adjacent to an activating group) is 1. The van der Waals surface area contributed by atoms with Crippen LogP contribution in [0.4, 0.5) is 0 Å². The molecule has 0 spiro atoms. The fourth-order valence-corrected chi connectivity index (χ4v) is 2.25. The summed E-state index contributed by atoms with van der Waals surface area (Å²) in [5.41, 5.74) is 2.74. The summed E-state index contributed by atoms with van der Waals surface area (Å²) >= 11 is 0. The molecule has 17 heavy (non-hydrogen) atoms. The van der Waals surface area contributed by atoms with Crippen LogP contribution in [0.25, 0.3) is 0 Å².